The molecule has 0 aliphatic carbocycles. The van der Waals surface area contributed by atoms with Crippen LogP contribution in [0.2, 0.25) is 0 Å². The van der Waals surface area contributed by atoms with E-state index in [0.717, 1.165) is 5.92 Å². The van der Waals surface area contributed by atoms with Gasteiger partial charge in [0, 0.05) is 6.61 Å². The SMILES string of the molecule is CCCCC(C)CCCCCCCCCC(C)CO. The monoisotopic (exact) mass is 270 g/mol. The van der Waals surface area contributed by atoms with Gasteiger partial charge in [-0.05, 0) is 18.3 Å². The summed E-state index contributed by atoms with van der Waals surface area (Å²) in [5, 5.41) is 8.93. The normalized spacial score (nSPS) is 14.5. The van der Waals surface area contributed by atoms with E-state index in [1.807, 2.05) is 0 Å². The summed E-state index contributed by atoms with van der Waals surface area (Å²) in [6, 6.07) is 0. The van der Waals surface area contributed by atoms with Gasteiger partial charge < -0.3 is 5.11 Å². The van der Waals surface area contributed by atoms with Crippen molar-refractivity contribution >= 4 is 0 Å². The molecule has 19 heavy (non-hydrogen) atoms. The maximum absolute atomic E-state index is 8.93. The predicted molar refractivity (Wildman–Crippen MR) is 86.5 cm³/mol. The zero-order valence-electron chi connectivity index (χ0n) is 13.8. The van der Waals surface area contributed by atoms with E-state index >= 15 is 0 Å². The summed E-state index contributed by atoms with van der Waals surface area (Å²) in [7, 11) is 0. The molecular formula is C18H38O. The molecule has 0 bridgehead atoms. The van der Waals surface area contributed by atoms with Gasteiger partial charge in [0.1, 0.15) is 0 Å². The smallest absolute Gasteiger partial charge is 0.0456 e. The lowest BCUT2D eigenvalue weighted by molar-refractivity contribution is 0.227. The van der Waals surface area contributed by atoms with Gasteiger partial charge in [-0.15, -0.1) is 0 Å². The van der Waals surface area contributed by atoms with Crippen molar-refractivity contribution in [2.45, 2.75) is 97.8 Å². The van der Waals surface area contributed by atoms with Crippen LogP contribution in [0.5, 0.6) is 0 Å². The van der Waals surface area contributed by atoms with Crippen LogP contribution in [-0.2, 0) is 0 Å². The van der Waals surface area contributed by atoms with Crippen molar-refractivity contribution in [3.8, 4) is 0 Å². The van der Waals surface area contributed by atoms with Crippen molar-refractivity contribution in [3.05, 3.63) is 0 Å². The molecule has 0 fully saturated rings. The molecule has 2 atom stereocenters. The van der Waals surface area contributed by atoms with E-state index in [4.69, 9.17) is 5.11 Å². The standard InChI is InChI=1S/C18H38O/c1-4-5-13-17(2)14-11-9-7-6-8-10-12-15-18(3)16-19/h17-19H,4-16H2,1-3H3. The van der Waals surface area contributed by atoms with Gasteiger partial charge in [-0.2, -0.15) is 0 Å². The zero-order valence-corrected chi connectivity index (χ0v) is 13.8. The molecule has 0 aromatic heterocycles. The lowest BCUT2D eigenvalue weighted by atomic mass is 9.96. The number of hydrogen-bond donors (Lipinski definition) is 1. The highest BCUT2D eigenvalue weighted by atomic mass is 16.3. The largest absolute Gasteiger partial charge is 0.396 e. The fourth-order valence-electron chi connectivity index (χ4n) is 2.66. The molecule has 0 heterocycles. The first-order valence-electron chi connectivity index (χ1n) is 8.81. The van der Waals surface area contributed by atoms with Gasteiger partial charge in [-0.3, -0.25) is 0 Å². The fourth-order valence-corrected chi connectivity index (χ4v) is 2.66. The molecule has 0 aromatic carbocycles. The average molecular weight is 271 g/mol. The Morgan fingerprint density at radius 2 is 1.05 bits per heavy atom. The highest BCUT2D eigenvalue weighted by Gasteiger charge is 2.01. The minimum absolute atomic E-state index is 0.357. The van der Waals surface area contributed by atoms with E-state index in [-0.39, 0.29) is 0 Å². The summed E-state index contributed by atoms with van der Waals surface area (Å²) in [5.41, 5.74) is 0. The molecule has 0 rings (SSSR count). The lowest BCUT2D eigenvalue weighted by Gasteiger charge is -2.10. The van der Waals surface area contributed by atoms with Gasteiger partial charge in [-0.1, -0.05) is 91.4 Å². The summed E-state index contributed by atoms with van der Waals surface area (Å²) in [6.07, 6.45) is 16.6. The summed E-state index contributed by atoms with van der Waals surface area (Å²) < 4.78 is 0. The minimum atomic E-state index is 0.357. The van der Waals surface area contributed by atoms with Crippen molar-refractivity contribution in [2.24, 2.45) is 11.8 Å². The summed E-state index contributed by atoms with van der Waals surface area (Å²) in [6.45, 7) is 7.20. The van der Waals surface area contributed by atoms with Crippen LogP contribution < -0.4 is 0 Å². The van der Waals surface area contributed by atoms with Gasteiger partial charge in [-0.25, -0.2) is 0 Å². The molecule has 116 valence electrons. The predicted octanol–water partition coefficient (Wildman–Crippen LogP) is 5.95. The van der Waals surface area contributed by atoms with Crippen LogP contribution in [0.1, 0.15) is 97.8 Å². The van der Waals surface area contributed by atoms with E-state index < -0.39 is 0 Å². The Morgan fingerprint density at radius 3 is 1.53 bits per heavy atom. The third-order valence-electron chi connectivity index (χ3n) is 4.26. The summed E-state index contributed by atoms with van der Waals surface area (Å²) in [5.74, 6) is 1.45. The second-order valence-electron chi connectivity index (χ2n) is 6.59. The third kappa shape index (κ3) is 14.2. The van der Waals surface area contributed by atoms with Gasteiger partial charge in [0.25, 0.3) is 0 Å². The molecule has 0 saturated carbocycles. The molecule has 0 spiro atoms. The first-order chi connectivity index (χ1) is 9.20. The third-order valence-corrected chi connectivity index (χ3v) is 4.26. The number of hydrogen-bond acceptors (Lipinski definition) is 1. The Hall–Kier alpha value is -0.0400. The molecule has 0 aromatic rings. The first-order valence-corrected chi connectivity index (χ1v) is 8.81. The number of rotatable bonds is 14. The van der Waals surface area contributed by atoms with Gasteiger partial charge in [0.05, 0.1) is 0 Å². The van der Waals surface area contributed by atoms with Crippen molar-refractivity contribution in [1.82, 2.24) is 0 Å². The van der Waals surface area contributed by atoms with E-state index in [0.29, 0.717) is 12.5 Å². The van der Waals surface area contributed by atoms with Crippen molar-refractivity contribution in [2.75, 3.05) is 6.61 Å². The molecule has 2 unspecified atom stereocenters. The molecule has 0 aliphatic rings. The maximum Gasteiger partial charge on any atom is 0.0456 e. The first kappa shape index (κ1) is 19.0. The highest BCUT2D eigenvalue weighted by molar-refractivity contribution is 4.55. The molecule has 0 aliphatic heterocycles. The average Bonchev–Trinajstić information content (AvgIpc) is 2.42. The number of unbranched alkanes of at least 4 members (excludes halogenated alkanes) is 7. The lowest BCUT2D eigenvalue weighted by Crippen LogP contribution is -1.99. The van der Waals surface area contributed by atoms with Crippen LogP contribution >= 0.6 is 0 Å². The molecule has 1 nitrogen and oxygen atoms in total. The van der Waals surface area contributed by atoms with Gasteiger partial charge in [0.15, 0.2) is 0 Å². The van der Waals surface area contributed by atoms with E-state index in [1.165, 1.54) is 77.0 Å². The van der Waals surface area contributed by atoms with Crippen molar-refractivity contribution in [3.63, 3.8) is 0 Å². The molecule has 0 amide bonds. The highest BCUT2D eigenvalue weighted by Crippen LogP contribution is 2.17. The minimum Gasteiger partial charge on any atom is -0.396 e. The second-order valence-corrected chi connectivity index (χ2v) is 6.59. The second kappa shape index (κ2) is 14.4. The van der Waals surface area contributed by atoms with Crippen LogP contribution in [0.3, 0.4) is 0 Å². The van der Waals surface area contributed by atoms with Crippen LogP contribution in [-0.4, -0.2) is 11.7 Å². The summed E-state index contributed by atoms with van der Waals surface area (Å²) in [4.78, 5) is 0. The molecule has 1 N–H and O–H groups in total. The Labute approximate surface area is 122 Å². The van der Waals surface area contributed by atoms with Crippen LogP contribution in [0, 0.1) is 11.8 Å². The molecule has 0 saturated heterocycles. The van der Waals surface area contributed by atoms with Gasteiger partial charge in [0.2, 0.25) is 0 Å². The van der Waals surface area contributed by atoms with Crippen LogP contribution in [0.15, 0.2) is 0 Å². The fraction of sp³-hybridized carbons (Fsp3) is 1.00. The quantitative estimate of drug-likeness (QED) is 0.387. The van der Waals surface area contributed by atoms with E-state index in [9.17, 15) is 0 Å². The zero-order chi connectivity index (χ0) is 14.3. The Morgan fingerprint density at radius 1 is 0.632 bits per heavy atom. The van der Waals surface area contributed by atoms with Gasteiger partial charge >= 0.3 is 0 Å². The summed E-state index contributed by atoms with van der Waals surface area (Å²) >= 11 is 0. The molecule has 0 radical (unpaired) electrons. The number of aliphatic hydroxyl groups is 1. The number of aliphatic hydroxyl groups excluding tert-OH is 1. The topological polar surface area (TPSA) is 20.2 Å². The van der Waals surface area contributed by atoms with Crippen LogP contribution in [0.25, 0.3) is 0 Å². The Kier molecular flexibility index (Phi) is 14.3. The Balaban J connectivity index is 3.10. The molecular weight excluding hydrogens is 232 g/mol. The van der Waals surface area contributed by atoms with Crippen molar-refractivity contribution < 1.29 is 5.11 Å². The van der Waals surface area contributed by atoms with Crippen LogP contribution in [0.4, 0.5) is 0 Å². The molecule has 1 heteroatoms. The van der Waals surface area contributed by atoms with E-state index in [2.05, 4.69) is 20.8 Å². The van der Waals surface area contributed by atoms with E-state index in [1.54, 1.807) is 0 Å². The Bertz CT molecular complexity index is 167. The van der Waals surface area contributed by atoms with Crippen molar-refractivity contribution in [1.29, 1.82) is 0 Å². The maximum atomic E-state index is 8.93.